The molecule has 1 heterocycles. The molecule has 2 nitrogen and oxygen atoms in total. The van der Waals surface area contributed by atoms with Gasteiger partial charge in [0, 0.05) is 12.5 Å². The van der Waals surface area contributed by atoms with Crippen LogP contribution in [0.4, 0.5) is 4.39 Å². The quantitative estimate of drug-likeness (QED) is 0.702. The van der Waals surface area contributed by atoms with E-state index in [0.717, 1.165) is 25.1 Å². The predicted molar refractivity (Wildman–Crippen MR) is 49.0 cm³/mol. The Kier molecular flexibility index (Phi) is 2.10. The highest BCUT2D eigenvalue weighted by molar-refractivity contribution is 5.16. The van der Waals surface area contributed by atoms with Crippen molar-refractivity contribution in [2.45, 2.75) is 39.2 Å². The maximum atomic E-state index is 13.3. The molecule has 1 fully saturated rings. The Morgan fingerprint density at radius 1 is 1.62 bits per heavy atom. The van der Waals surface area contributed by atoms with Crippen LogP contribution in [0.2, 0.25) is 0 Å². The normalized spacial score (nSPS) is 16.9. The summed E-state index contributed by atoms with van der Waals surface area (Å²) in [4.78, 5) is 0. The van der Waals surface area contributed by atoms with E-state index < -0.39 is 0 Å². The van der Waals surface area contributed by atoms with Crippen LogP contribution in [0, 0.1) is 11.7 Å². The van der Waals surface area contributed by atoms with Crippen molar-refractivity contribution in [1.82, 2.24) is 9.78 Å². The van der Waals surface area contributed by atoms with Gasteiger partial charge in [0.05, 0.1) is 11.9 Å². The van der Waals surface area contributed by atoms with Gasteiger partial charge in [0.2, 0.25) is 0 Å². The maximum absolute atomic E-state index is 13.3. The summed E-state index contributed by atoms with van der Waals surface area (Å²) in [6.45, 7) is 5.07. The molecule has 1 aromatic rings. The van der Waals surface area contributed by atoms with Gasteiger partial charge in [-0.15, -0.1) is 0 Å². The zero-order valence-corrected chi connectivity index (χ0v) is 8.13. The third-order valence-corrected chi connectivity index (χ3v) is 2.34. The van der Waals surface area contributed by atoms with Crippen LogP contribution in [0.1, 0.15) is 38.3 Å². The number of rotatable bonds is 3. The van der Waals surface area contributed by atoms with Gasteiger partial charge in [0.15, 0.2) is 5.82 Å². The molecule has 0 amide bonds. The second kappa shape index (κ2) is 3.13. The largest absolute Gasteiger partial charge is 0.266 e. The minimum absolute atomic E-state index is 0.122. The lowest BCUT2D eigenvalue weighted by Crippen LogP contribution is -2.09. The fraction of sp³-hybridized carbons (Fsp3) is 0.700. The van der Waals surface area contributed by atoms with Gasteiger partial charge < -0.3 is 0 Å². The highest BCUT2D eigenvalue weighted by Crippen LogP contribution is 2.41. The molecule has 0 aliphatic heterocycles. The minimum Gasteiger partial charge on any atom is -0.266 e. The fourth-order valence-electron chi connectivity index (χ4n) is 1.63. The van der Waals surface area contributed by atoms with Crippen molar-refractivity contribution in [3.8, 4) is 0 Å². The number of nitrogens with zero attached hydrogens (tertiary/aromatic N) is 2. The second-order valence-electron chi connectivity index (χ2n) is 4.23. The predicted octanol–water partition coefficient (Wildman–Crippen LogP) is 2.56. The van der Waals surface area contributed by atoms with Crippen LogP contribution in [0.15, 0.2) is 6.20 Å². The van der Waals surface area contributed by atoms with Gasteiger partial charge in [-0.3, -0.25) is 4.68 Å². The first kappa shape index (κ1) is 8.73. The summed E-state index contributed by atoms with van der Waals surface area (Å²) in [7, 11) is 0. The summed E-state index contributed by atoms with van der Waals surface area (Å²) in [6, 6.07) is 0. The molecular formula is C10H15FN2. The van der Waals surface area contributed by atoms with Crippen molar-refractivity contribution in [2.75, 3.05) is 0 Å². The Bertz CT molecular complexity index is 300. The molecule has 0 unspecified atom stereocenters. The van der Waals surface area contributed by atoms with Crippen LogP contribution in [0.3, 0.4) is 0 Å². The van der Waals surface area contributed by atoms with Gasteiger partial charge >= 0.3 is 0 Å². The first-order valence-corrected chi connectivity index (χ1v) is 4.89. The number of aromatic nitrogens is 2. The third-order valence-electron chi connectivity index (χ3n) is 2.34. The van der Waals surface area contributed by atoms with Gasteiger partial charge in [-0.25, -0.2) is 4.39 Å². The van der Waals surface area contributed by atoms with E-state index in [9.17, 15) is 4.39 Å². The molecule has 0 spiro atoms. The molecule has 1 aliphatic carbocycles. The van der Waals surface area contributed by atoms with Crippen molar-refractivity contribution in [3.63, 3.8) is 0 Å². The van der Waals surface area contributed by atoms with Crippen molar-refractivity contribution in [3.05, 3.63) is 17.7 Å². The zero-order valence-electron chi connectivity index (χ0n) is 8.13. The van der Waals surface area contributed by atoms with Crippen molar-refractivity contribution >= 4 is 0 Å². The molecule has 3 heteroatoms. The van der Waals surface area contributed by atoms with E-state index in [-0.39, 0.29) is 5.82 Å². The Hall–Kier alpha value is -0.860. The summed E-state index contributed by atoms with van der Waals surface area (Å²) >= 11 is 0. The van der Waals surface area contributed by atoms with Gasteiger partial charge in [0.25, 0.3) is 0 Å². The molecule has 0 radical (unpaired) electrons. The zero-order chi connectivity index (χ0) is 9.42. The molecule has 0 atom stereocenters. The lowest BCUT2D eigenvalue weighted by Gasteiger charge is -2.08. The Morgan fingerprint density at radius 3 is 2.85 bits per heavy atom. The van der Waals surface area contributed by atoms with E-state index in [4.69, 9.17) is 0 Å². The lowest BCUT2D eigenvalue weighted by atomic mass is 10.2. The van der Waals surface area contributed by atoms with E-state index in [1.807, 2.05) is 4.68 Å². The van der Waals surface area contributed by atoms with Crippen molar-refractivity contribution < 1.29 is 4.39 Å². The van der Waals surface area contributed by atoms with Crippen LogP contribution >= 0.6 is 0 Å². The van der Waals surface area contributed by atoms with E-state index in [0.29, 0.717) is 11.8 Å². The highest BCUT2D eigenvalue weighted by Gasteiger charge is 2.30. The summed E-state index contributed by atoms with van der Waals surface area (Å²) in [5.74, 6) is 0.848. The number of hydrogen-bond donors (Lipinski definition) is 0. The monoisotopic (exact) mass is 182 g/mol. The summed E-state index contributed by atoms with van der Waals surface area (Å²) in [5.41, 5.74) is 0.828. The molecule has 0 N–H and O–H groups in total. The van der Waals surface area contributed by atoms with E-state index in [1.165, 1.54) is 6.20 Å². The summed E-state index contributed by atoms with van der Waals surface area (Å²) < 4.78 is 15.1. The molecule has 72 valence electrons. The molecule has 1 saturated carbocycles. The highest BCUT2D eigenvalue weighted by atomic mass is 19.1. The van der Waals surface area contributed by atoms with E-state index in [1.54, 1.807) is 0 Å². The first-order valence-electron chi connectivity index (χ1n) is 4.89. The minimum atomic E-state index is -0.122. The Labute approximate surface area is 77.8 Å². The first-order chi connectivity index (χ1) is 6.18. The molecule has 0 bridgehead atoms. The number of halogens is 1. The third kappa shape index (κ3) is 1.74. The van der Waals surface area contributed by atoms with Gasteiger partial charge in [0.1, 0.15) is 0 Å². The van der Waals surface area contributed by atoms with Crippen LogP contribution in [-0.2, 0) is 6.54 Å². The molecule has 2 rings (SSSR count). The SMILES string of the molecule is CC(C)Cn1ncc(F)c1C1CC1. The van der Waals surface area contributed by atoms with Crippen LogP contribution in [0.5, 0.6) is 0 Å². The smallest absolute Gasteiger partial charge is 0.164 e. The standard InChI is InChI=1S/C10H15FN2/c1-7(2)6-13-10(8-3-4-8)9(11)5-12-13/h5,7-8H,3-4,6H2,1-2H3. The maximum Gasteiger partial charge on any atom is 0.164 e. The van der Waals surface area contributed by atoms with Crippen LogP contribution in [0.25, 0.3) is 0 Å². The molecule has 0 aromatic carbocycles. The molecule has 13 heavy (non-hydrogen) atoms. The Morgan fingerprint density at radius 2 is 2.31 bits per heavy atom. The Balaban J connectivity index is 2.23. The molecule has 1 aliphatic rings. The molecule has 1 aromatic heterocycles. The van der Waals surface area contributed by atoms with Gasteiger partial charge in [-0.1, -0.05) is 13.8 Å². The van der Waals surface area contributed by atoms with Crippen LogP contribution < -0.4 is 0 Å². The van der Waals surface area contributed by atoms with Crippen LogP contribution in [-0.4, -0.2) is 9.78 Å². The average molecular weight is 182 g/mol. The molecule has 0 saturated heterocycles. The second-order valence-corrected chi connectivity index (χ2v) is 4.23. The van der Waals surface area contributed by atoms with Crippen molar-refractivity contribution in [1.29, 1.82) is 0 Å². The lowest BCUT2D eigenvalue weighted by molar-refractivity contribution is 0.463. The van der Waals surface area contributed by atoms with Gasteiger partial charge in [-0.2, -0.15) is 5.10 Å². The summed E-state index contributed by atoms with van der Waals surface area (Å²) in [5, 5.41) is 4.06. The van der Waals surface area contributed by atoms with Gasteiger partial charge in [-0.05, 0) is 18.8 Å². The summed E-state index contributed by atoms with van der Waals surface area (Å²) in [6.07, 6.45) is 3.59. The van der Waals surface area contributed by atoms with E-state index in [2.05, 4.69) is 18.9 Å². The topological polar surface area (TPSA) is 17.8 Å². The fourth-order valence-corrected chi connectivity index (χ4v) is 1.63. The number of hydrogen-bond acceptors (Lipinski definition) is 1. The molecular weight excluding hydrogens is 167 g/mol. The average Bonchev–Trinajstić information content (AvgIpc) is 2.79. The van der Waals surface area contributed by atoms with E-state index >= 15 is 0 Å². The van der Waals surface area contributed by atoms with Crippen molar-refractivity contribution in [2.24, 2.45) is 5.92 Å².